The zero-order valence-electron chi connectivity index (χ0n) is 10.1. The highest BCUT2D eigenvalue weighted by Crippen LogP contribution is 1.92. The molecule has 0 radical (unpaired) electrons. The van der Waals surface area contributed by atoms with Crippen molar-refractivity contribution in [3.05, 3.63) is 0 Å². The standard InChI is InChI=1S/C11H23N3O/c1-4-6-13-11(9-12)10-14(2)7-5-8-15-3/h11,13H,4-8,10H2,1-3H3. The Hall–Kier alpha value is -0.630. The smallest absolute Gasteiger partial charge is 0.108 e. The predicted octanol–water partition coefficient (Wildman–Crippen LogP) is 0.846. The SMILES string of the molecule is CCCNC(C#N)CN(C)CCCOC. The van der Waals surface area contributed by atoms with Crippen LogP contribution in [0.2, 0.25) is 0 Å². The Morgan fingerprint density at radius 2 is 2.27 bits per heavy atom. The van der Waals surface area contributed by atoms with E-state index in [1.54, 1.807) is 7.11 Å². The summed E-state index contributed by atoms with van der Waals surface area (Å²) in [6, 6.07) is 2.22. The Labute approximate surface area is 93.2 Å². The summed E-state index contributed by atoms with van der Waals surface area (Å²) in [5, 5.41) is 12.1. The van der Waals surface area contributed by atoms with Gasteiger partial charge in [-0.05, 0) is 26.4 Å². The molecule has 88 valence electrons. The maximum Gasteiger partial charge on any atom is 0.108 e. The molecule has 15 heavy (non-hydrogen) atoms. The average Bonchev–Trinajstić information content (AvgIpc) is 2.24. The normalized spacial score (nSPS) is 12.7. The number of likely N-dealkylation sites (N-methyl/N-ethyl adjacent to an activating group) is 1. The minimum absolute atomic E-state index is 0.0579. The van der Waals surface area contributed by atoms with E-state index in [0.717, 1.165) is 39.1 Å². The van der Waals surface area contributed by atoms with Crippen molar-refractivity contribution in [3.8, 4) is 6.07 Å². The molecule has 0 heterocycles. The summed E-state index contributed by atoms with van der Waals surface area (Å²) in [5.74, 6) is 0. The Morgan fingerprint density at radius 1 is 1.53 bits per heavy atom. The monoisotopic (exact) mass is 213 g/mol. The number of hydrogen-bond donors (Lipinski definition) is 1. The molecule has 0 saturated heterocycles. The van der Waals surface area contributed by atoms with E-state index < -0.39 is 0 Å². The minimum Gasteiger partial charge on any atom is -0.385 e. The Balaban J connectivity index is 3.61. The predicted molar refractivity (Wildman–Crippen MR) is 61.7 cm³/mol. The van der Waals surface area contributed by atoms with E-state index in [-0.39, 0.29) is 6.04 Å². The number of methoxy groups -OCH3 is 1. The topological polar surface area (TPSA) is 48.3 Å². The van der Waals surface area contributed by atoms with Crippen LogP contribution < -0.4 is 5.32 Å². The van der Waals surface area contributed by atoms with Gasteiger partial charge in [-0.2, -0.15) is 5.26 Å². The van der Waals surface area contributed by atoms with Crippen LogP contribution >= 0.6 is 0 Å². The summed E-state index contributed by atoms with van der Waals surface area (Å²) in [7, 11) is 3.74. The molecule has 0 saturated carbocycles. The molecule has 0 aromatic carbocycles. The average molecular weight is 213 g/mol. The molecule has 1 atom stereocenters. The van der Waals surface area contributed by atoms with Gasteiger partial charge in [0.15, 0.2) is 0 Å². The molecular formula is C11H23N3O. The molecule has 0 aliphatic rings. The number of ether oxygens (including phenoxy) is 1. The van der Waals surface area contributed by atoms with Crippen molar-refractivity contribution in [1.29, 1.82) is 5.26 Å². The zero-order chi connectivity index (χ0) is 11.5. The van der Waals surface area contributed by atoms with Gasteiger partial charge in [-0.3, -0.25) is 0 Å². The second-order valence-electron chi connectivity index (χ2n) is 3.74. The van der Waals surface area contributed by atoms with Crippen molar-refractivity contribution in [2.45, 2.75) is 25.8 Å². The Kier molecular flexibility index (Phi) is 9.49. The van der Waals surface area contributed by atoms with Gasteiger partial charge in [0.05, 0.1) is 6.07 Å². The van der Waals surface area contributed by atoms with Crippen LogP contribution in [0.15, 0.2) is 0 Å². The lowest BCUT2D eigenvalue weighted by atomic mass is 10.3. The van der Waals surface area contributed by atoms with Crippen LogP contribution in [0.3, 0.4) is 0 Å². The molecule has 1 unspecified atom stereocenters. The fourth-order valence-corrected chi connectivity index (χ4v) is 1.35. The first-order valence-corrected chi connectivity index (χ1v) is 5.55. The molecule has 0 rings (SSSR count). The van der Waals surface area contributed by atoms with Crippen molar-refractivity contribution >= 4 is 0 Å². The van der Waals surface area contributed by atoms with Crippen molar-refractivity contribution in [2.24, 2.45) is 0 Å². The third kappa shape index (κ3) is 8.37. The quantitative estimate of drug-likeness (QED) is 0.577. The van der Waals surface area contributed by atoms with Gasteiger partial charge >= 0.3 is 0 Å². The summed E-state index contributed by atoms with van der Waals surface area (Å²) < 4.78 is 4.98. The molecule has 0 aliphatic heterocycles. The van der Waals surface area contributed by atoms with Crippen LogP contribution in [0.25, 0.3) is 0 Å². The zero-order valence-corrected chi connectivity index (χ0v) is 10.1. The first kappa shape index (κ1) is 14.4. The number of nitrogens with one attached hydrogen (secondary N) is 1. The van der Waals surface area contributed by atoms with Crippen LogP contribution in [-0.2, 0) is 4.74 Å². The molecule has 0 amide bonds. The van der Waals surface area contributed by atoms with Gasteiger partial charge in [-0.1, -0.05) is 6.92 Å². The van der Waals surface area contributed by atoms with Gasteiger partial charge < -0.3 is 15.0 Å². The summed E-state index contributed by atoms with van der Waals surface area (Å²) in [6.07, 6.45) is 2.07. The highest BCUT2D eigenvalue weighted by molar-refractivity contribution is 4.91. The van der Waals surface area contributed by atoms with Crippen molar-refractivity contribution in [3.63, 3.8) is 0 Å². The molecular weight excluding hydrogens is 190 g/mol. The van der Waals surface area contributed by atoms with Crippen molar-refractivity contribution in [2.75, 3.05) is 40.4 Å². The largest absolute Gasteiger partial charge is 0.385 e. The molecule has 0 bridgehead atoms. The number of rotatable bonds is 9. The Morgan fingerprint density at radius 3 is 2.80 bits per heavy atom. The number of nitriles is 1. The maximum atomic E-state index is 8.91. The lowest BCUT2D eigenvalue weighted by Crippen LogP contribution is -2.39. The van der Waals surface area contributed by atoms with Crippen LogP contribution in [0.5, 0.6) is 0 Å². The van der Waals surface area contributed by atoms with Crippen molar-refractivity contribution < 1.29 is 4.74 Å². The van der Waals surface area contributed by atoms with Crippen LogP contribution in [0.1, 0.15) is 19.8 Å². The molecule has 0 aromatic heterocycles. The van der Waals surface area contributed by atoms with Gasteiger partial charge in [-0.15, -0.1) is 0 Å². The molecule has 1 N–H and O–H groups in total. The lowest BCUT2D eigenvalue weighted by Gasteiger charge is -2.20. The third-order valence-corrected chi connectivity index (χ3v) is 2.18. The Bertz CT molecular complexity index is 179. The fourth-order valence-electron chi connectivity index (χ4n) is 1.35. The van der Waals surface area contributed by atoms with Crippen LogP contribution in [0, 0.1) is 11.3 Å². The first-order valence-electron chi connectivity index (χ1n) is 5.55. The van der Waals surface area contributed by atoms with Gasteiger partial charge in [0.2, 0.25) is 0 Å². The van der Waals surface area contributed by atoms with Crippen LogP contribution in [-0.4, -0.2) is 51.3 Å². The van der Waals surface area contributed by atoms with E-state index in [1.165, 1.54) is 0 Å². The van der Waals surface area contributed by atoms with Gasteiger partial charge in [0.1, 0.15) is 6.04 Å². The number of nitrogens with zero attached hydrogens (tertiary/aromatic N) is 2. The van der Waals surface area contributed by atoms with E-state index in [4.69, 9.17) is 10.00 Å². The van der Waals surface area contributed by atoms with E-state index >= 15 is 0 Å². The summed E-state index contributed by atoms with van der Waals surface area (Å²) in [5.41, 5.74) is 0. The summed E-state index contributed by atoms with van der Waals surface area (Å²) in [6.45, 7) is 5.54. The van der Waals surface area contributed by atoms with E-state index in [9.17, 15) is 0 Å². The number of hydrogen-bond acceptors (Lipinski definition) is 4. The lowest BCUT2D eigenvalue weighted by molar-refractivity contribution is 0.178. The first-order chi connectivity index (χ1) is 7.24. The molecule has 0 aliphatic carbocycles. The molecule has 4 nitrogen and oxygen atoms in total. The van der Waals surface area contributed by atoms with Crippen molar-refractivity contribution in [1.82, 2.24) is 10.2 Å². The highest BCUT2D eigenvalue weighted by atomic mass is 16.5. The molecule has 0 fully saturated rings. The van der Waals surface area contributed by atoms with Crippen LogP contribution in [0.4, 0.5) is 0 Å². The summed E-state index contributed by atoms with van der Waals surface area (Å²) in [4.78, 5) is 2.16. The molecule has 4 heteroatoms. The van der Waals surface area contributed by atoms with Gasteiger partial charge in [0, 0.05) is 26.8 Å². The third-order valence-electron chi connectivity index (χ3n) is 2.18. The van der Waals surface area contributed by atoms with E-state index in [1.807, 2.05) is 7.05 Å². The summed E-state index contributed by atoms with van der Waals surface area (Å²) >= 11 is 0. The van der Waals surface area contributed by atoms with E-state index in [0.29, 0.717) is 0 Å². The van der Waals surface area contributed by atoms with Gasteiger partial charge in [-0.25, -0.2) is 0 Å². The molecule has 0 aromatic rings. The second kappa shape index (κ2) is 9.91. The van der Waals surface area contributed by atoms with E-state index in [2.05, 4.69) is 23.2 Å². The fraction of sp³-hybridized carbons (Fsp3) is 0.909. The second-order valence-corrected chi connectivity index (χ2v) is 3.74. The van der Waals surface area contributed by atoms with Gasteiger partial charge in [0.25, 0.3) is 0 Å². The minimum atomic E-state index is -0.0579. The molecule has 0 spiro atoms. The highest BCUT2D eigenvalue weighted by Gasteiger charge is 2.08. The maximum absolute atomic E-state index is 8.91.